The number of hydrogen-bond donors (Lipinski definition) is 0. The number of fused-ring (bicyclic) bond motifs is 7. The minimum atomic E-state index is -0.480. The number of furan rings is 1. The summed E-state index contributed by atoms with van der Waals surface area (Å²) in [6.45, 7) is 0. The summed E-state index contributed by atoms with van der Waals surface area (Å²) in [4.78, 5) is 14.5. The zero-order valence-corrected chi connectivity index (χ0v) is 22.6. The number of nitrogens with zero attached hydrogens (tertiary/aromatic N) is 3. The van der Waals surface area contributed by atoms with Gasteiger partial charge in [0.2, 0.25) is 0 Å². The molecule has 0 aliphatic heterocycles. The predicted octanol–water partition coefficient (Wildman–Crippen LogP) is 10.2. The van der Waals surface area contributed by atoms with E-state index in [0.717, 1.165) is 54.2 Å². The molecule has 0 saturated carbocycles. The lowest BCUT2D eigenvalue weighted by atomic mass is 9.97. The molecule has 200 valence electrons. The van der Waals surface area contributed by atoms with E-state index in [1.165, 1.54) is 0 Å². The third-order valence-corrected chi connectivity index (χ3v) is 7.97. The zero-order chi connectivity index (χ0) is 32.7. The molecule has 4 heteroatoms. The van der Waals surface area contributed by atoms with Gasteiger partial charge < -0.3 is 4.42 Å². The molecule has 0 fully saturated rings. The van der Waals surface area contributed by atoms with Crippen molar-refractivity contribution in [1.29, 1.82) is 0 Å². The first-order valence-electron chi connectivity index (χ1n) is 16.5. The third-order valence-electron chi connectivity index (χ3n) is 7.97. The smallest absolute Gasteiger partial charge is 0.164 e. The minimum Gasteiger partial charge on any atom is -0.456 e. The Labute approximate surface area is 253 Å². The van der Waals surface area contributed by atoms with Crippen LogP contribution in [0.25, 0.3) is 88.4 Å². The van der Waals surface area contributed by atoms with Crippen LogP contribution in [0.3, 0.4) is 0 Å². The van der Waals surface area contributed by atoms with Crippen molar-refractivity contribution in [3.63, 3.8) is 0 Å². The van der Waals surface area contributed by atoms with Crippen molar-refractivity contribution in [1.82, 2.24) is 15.0 Å². The number of rotatable bonds is 3. The van der Waals surface area contributed by atoms with Crippen LogP contribution in [0.1, 0.15) is 6.85 Å². The highest BCUT2D eigenvalue weighted by Crippen LogP contribution is 2.37. The fourth-order valence-corrected chi connectivity index (χ4v) is 5.94. The summed E-state index contributed by atoms with van der Waals surface area (Å²) in [5.41, 5.74) is 2.69. The molecule has 7 aromatic carbocycles. The third kappa shape index (κ3) is 3.88. The van der Waals surface area contributed by atoms with E-state index in [4.69, 9.17) is 26.2 Å². The molecule has 0 N–H and O–H groups in total. The Hall–Kier alpha value is -5.87. The van der Waals surface area contributed by atoms with Gasteiger partial charge in [0.25, 0.3) is 0 Å². The maximum absolute atomic E-state index is 8.71. The molecule has 0 bridgehead atoms. The first kappa shape index (κ1) is 19.3. The molecule has 2 aromatic heterocycles. The highest BCUT2D eigenvalue weighted by Gasteiger charge is 2.17. The highest BCUT2D eigenvalue weighted by atomic mass is 16.3. The number of benzene rings is 7. The van der Waals surface area contributed by atoms with Gasteiger partial charge in [-0.2, -0.15) is 0 Å². The average molecular weight is 555 g/mol. The predicted molar refractivity (Wildman–Crippen MR) is 176 cm³/mol. The molecule has 0 unspecified atom stereocenters. The largest absolute Gasteiger partial charge is 0.456 e. The van der Waals surface area contributed by atoms with E-state index in [1.807, 2.05) is 78.9 Å². The lowest BCUT2D eigenvalue weighted by molar-refractivity contribution is 0.669. The van der Waals surface area contributed by atoms with Crippen LogP contribution in [-0.2, 0) is 0 Å². The van der Waals surface area contributed by atoms with Crippen LogP contribution < -0.4 is 0 Å². The Kier molecular flexibility index (Phi) is 4.18. The fraction of sp³-hybridized carbons (Fsp3) is 0. The molecule has 0 atom stereocenters. The van der Waals surface area contributed by atoms with E-state index in [1.54, 1.807) is 0 Å². The average Bonchev–Trinajstić information content (AvgIpc) is 3.48. The summed E-state index contributed by atoms with van der Waals surface area (Å²) in [7, 11) is 0. The van der Waals surface area contributed by atoms with Gasteiger partial charge in [0, 0.05) is 27.5 Å². The van der Waals surface area contributed by atoms with E-state index >= 15 is 0 Å². The van der Waals surface area contributed by atoms with E-state index in [2.05, 4.69) is 30.3 Å². The molecule has 0 saturated heterocycles. The molecule has 0 aliphatic carbocycles. The molecule has 0 amide bonds. The Morgan fingerprint density at radius 2 is 1.07 bits per heavy atom. The summed E-state index contributed by atoms with van der Waals surface area (Å²) in [5, 5.41) is 8.15. The van der Waals surface area contributed by atoms with Gasteiger partial charge in [0.15, 0.2) is 17.5 Å². The van der Waals surface area contributed by atoms with Gasteiger partial charge in [0.05, 0.1) is 6.85 Å². The van der Waals surface area contributed by atoms with Crippen molar-refractivity contribution in [2.45, 2.75) is 0 Å². The molecule has 9 aromatic rings. The Bertz CT molecular complexity index is 2780. The SMILES string of the molecule is [2H]c1c([2H])c([2H])c(-c2nc(-c3ccc4c(c3)oc3cc5ccccc5cc34)nc(-c3cc4ccccc4c4ccccc34)n2)c([2H])c1[2H]. The summed E-state index contributed by atoms with van der Waals surface area (Å²) < 4.78 is 48.5. The first-order chi connectivity index (χ1) is 23.4. The van der Waals surface area contributed by atoms with Crippen molar-refractivity contribution in [3.8, 4) is 34.2 Å². The maximum Gasteiger partial charge on any atom is 0.164 e. The van der Waals surface area contributed by atoms with Crippen molar-refractivity contribution >= 4 is 54.3 Å². The van der Waals surface area contributed by atoms with Crippen LogP contribution in [-0.4, -0.2) is 15.0 Å². The fourth-order valence-electron chi connectivity index (χ4n) is 5.94. The second kappa shape index (κ2) is 9.33. The number of hydrogen-bond acceptors (Lipinski definition) is 4. The van der Waals surface area contributed by atoms with E-state index < -0.39 is 18.1 Å². The highest BCUT2D eigenvalue weighted by molar-refractivity contribution is 6.13. The van der Waals surface area contributed by atoms with E-state index in [9.17, 15) is 0 Å². The minimum absolute atomic E-state index is 0.0137. The van der Waals surface area contributed by atoms with Crippen LogP contribution in [0.4, 0.5) is 0 Å². The molecule has 4 nitrogen and oxygen atoms in total. The van der Waals surface area contributed by atoms with Crippen LogP contribution in [0.2, 0.25) is 0 Å². The standard InChI is InChI=1S/C39H23N3O/c1-2-10-24(11-3-1)37-40-38(28-18-19-32-33-20-25-12-4-5-13-26(25)22-36(33)43-35(32)23-28)42-39(41-37)34-21-27-14-6-7-15-29(27)30-16-8-9-17-31(30)34/h1-23H/i1D,2D,3D,10D,11D. The van der Waals surface area contributed by atoms with Gasteiger partial charge in [-0.1, -0.05) is 109 Å². The summed E-state index contributed by atoms with van der Waals surface area (Å²) in [6.07, 6.45) is 0. The summed E-state index contributed by atoms with van der Waals surface area (Å²) >= 11 is 0. The topological polar surface area (TPSA) is 51.8 Å². The van der Waals surface area contributed by atoms with Crippen molar-refractivity contribution in [3.05, 3.63) is 139 Å². The van der Waals surface area contributed by atoms with E-state index in [0.29, 0.717) is 17.0 Å². The molecular weight excluding hydrogens is 526 g/mol. The quantitative estimate of drug-likeness (QED) is 0.204. The first-order valence-corrected chi connectivity index (χ1v) is 14.0. The monoisotopic (exact) mass is 554 g/mol. The lowest BCUT2D eigenvalue weighted by Gasteiger charge is -2.12. The lowest BCUT2D eigenvalue weighted by Crippen LogP contribution is -2.00. The summed E-state index contributed by atoms with van der Waals surface area (Å²) in [5.74, 6) is 0.589. The molecule has 0 radical (unpaired) electrons. The van der Waals surface area contributed by atoms with Gasteiger partial charge in [-0.05, 0) is 62.6 Å². The molecular formula is C39H23N3O. The zero-order valence-electron chi connectivity index (χ0n) is 27.6. The molecule has 0 aliphatic rings. The van der Waals surface area contributed by atoms with Gasteiger partial charge in [0.1, 0.15) is 11.2 Å². The molecule has 0 spiro atoms. The molecule has 9 rings (SSSR count). The Morgan fingerprint density at radius 1 is 0.442 bits per heavy atom. The van der Waals surface area contributed by atoms with Crippen LogP contribution in [0.5, 0.6) is 0 Å². The van der Waals surface area contributed by atoms with Gasteiger partial charge in [-0.25, -0.2) is 15.0 Å². The molecule has 43 heavy (non-hydrogen) atoms. The Morgan fingerprint density at radius 3 is 1.88 bits per heavy atom. The van der Waals surface area contributed by atoms with Crippen molar-refractivity contribution in [2.75, 3.05) is 0 Å². The molecule has 2 heterocycles. The Balaban J connectivity index is 1.33. The van der Waals surface area contributed by atoms with Gasteiger partial charge in [-0.15, -0.1) is 0 Å². The van der Waals surface area contributed by atoms with Gasteiger partial charge >= 0.3 is 0 Å². The van der Waals surface area contributed by atoms with E-state index in [-0.39, 0.29) is 29.3 Å². The maximum atomic E-state index is 8.71. The second-order valence-corrected chi connectivity index (χ2v) is 10.5. The van der Waals surface area contributed by atoms with Crippen LogP contribution in [0, 0.1) is 0 Å². The normalized spacial score (nSPS) is 13.3. The second-order valence-electron chi connectivity index (χ2n) is 10.5. The van der Waals surface area contributed by atoms with Crippen molar-refractivity contribution < 1.29 is 11.3 Å². The van der Waals surface area contributed by atoms with Gasteiger partial charge in [-0.3, -0.25) is 0 Å². The van der Waals surface area contributed by atoms with Crippen LogP contribution in [0.15, 0.2) is 144 Å². The number of aromatic nitrogens is 3. The van der Waals surface area contributed by atoms with Crippen molar-refractivity contribution in [2.24, 2.45) is 0 Å². The summed E-state index contributed by atoms with van der Waals surface area (Å²) in [6, 6.07) is 34.0. The van der Waals surface area contributed by atoms with Crippen LogP contribution >= 0.6 is 0 Å².